The molecule has 17 heavy (non-hydrogen) atoms. The quantitative estimate of drug-likeness (QED) is 0.613. The van der Waals surface area contributed by atoms with Crippen molar-refractivity contribution < 1.29 is 9.53 Å². The van der Waals surface area contributed by atoms with E-state index in [1.54, 1.807) is 0 Å². The van der Waals surface area contributed by atoms with Gasteiger partial charge in [-0.15, -0.1) is 6.58 Å². The van der Waals surface area contributed by atoms with E-state index in [0.29, 0.717) is 5.92 Å². The van der Waals surface area contributed by atoms with Gasteiger partial charge in [-0.3, -0.25) is 0 Å². The van der Waals surface area contributed by atoms with E-state index in [-0.39, 0.29) is 17.2 Å². The van der Waals surface area contributed by atoms with E-state index in [4.69, 9.17) is 4.43 Å². The molecule has 0 amide bonds. The Morgan fingerprint density at radius 3 is 2.41 bits per heavy atom. The minimum atomic E-state index is -1.69. The Bertz CT molecular complexity index is 268. The molecule has 1 fully saturated rings. The molecule has 1 aliphatic rings. The highest BCUT2D eigenvalue weighted by atomic mass is 28.4. The predicted molar refractivity (Wildman–Crippen MR) is 75.6 cm³/mol. The maximum atomic E-state index is 9.98. The van der Waals surface area contributed by atoms with Gasteiger partial charge in [-0.1, -0.05) is 26.8 Å². The molecule has 0 aromatic heterocycles. The lowest BCUT2D eigenvalue weighted by molar-refractivity contribution is 0.122. The van der Waals surface area contributed by atoms with Crippen LogP contribution in [0.1, 0.15) is 40.0 Å². The van der Waals surface area contributed by atoms with E-state index in [1.165, 1.54) is 0 Å². The second-order valence-electron chi connectivity index (χ2n) is 6.82. The van der Waals surface area contributed by atoms with Crippen molar-refractivity contribution in [1.82, 2.24) is 0 Å². The molecule has 0 aliphatic heterocycles. The van der Waals surface area contributed by atoms with Crippen molar-refractivity contribution in [2.45, 2.75) is 70.4 Å². The van der Waals surface area contributed by atoms with Gasteiger partial charge in [0.15, 0.2) is 8.32 Å². The molecule has 100 valence electrons. The highest BCUT2D eigenvalue weighted by molar-refractivity contribution is 6.74. The summed E-state index contributed by atoms with van der Waals surface area (Å²) in [5, 5.41) is 10.2. The van der Waals surface area contributed by atoms with Gasteiger partial charge in [-0.05, 0) is 43.3 Å². The summed E-state index contributed by atoms with van der Waals surface area (Å²) < 4.78 is 6.35. The van der Waals surface area contributed by atoms with Crippen LogP contribution in [0.4, 0.5) is 0 Å². The number of aliphatic hydroxyl groups is 1. The van der Waals surface area contributed by atoms with Crippen LogP contribution in [0.15, 0.2) is 12.7 Å². The number of rotatable bonds is 4. The normalized spacial score (nSPS) is 30.6. The van der Waals surface area contributed by atoms with Crippen molar-refractivity contribution in [3.63, 3.8) is 0 Å². The van der Waals surface area contributed by atoms with Gasteiger partial charge in [0.05, 0.1) is 6.10 Å². The summed E-state index contributed by atoms with van der Waals surface area (Å²) in [6.07, 6.45) is 4.63. The Morgan fingerprint density at radius 2 is 1.94 bits per heavy atom. The molecule has 0 bridgehead atoms. The second kappa shape index (κ2) is 5.25. The van der Waals surface area contributed by atoms with E-state index < -0.39 is 8.32 Å². The Hall–Kier alpha value is -0.123. The zero-order valence-corrected chi connectivity index (χ0v) is 13.0. The van der Waals surface area contributed by atoms with E-state index in [9.17, 15) is 5.11 Å². The van der Waals surface area contributed by atoms with E-state index in [1.807, 2.05) is 6.08 Å². The molecule has 3 heteroatoms. The van der Waals surface area contributed by atoms with Crippen LogP contribution in [0.25, 0.3) is 0 Å². The molecule has 2 nitrogen and oxygen atoms in total. The van der Waals surface area contributed by atoms with Crippen LogP contribution in [-0.2, 0) is 4.43 Å². The first-order chi connectivity index (χ1) is 7.67. The third-order valence-electron chi connectivity index (χ3n) is 4.35. The Balaban J connectivity index is 2.58. The van der Waals surface area contributed by atoms with Crippen molar-refractivity contribution in [3.05, 3.63) is 12.7 Å². The van der Waals surface area contributed by atoms with E-state index >= 15 is 0 Å². The van der Waals surface area contributed by atoms with E-state index in [0.717, 1.165) is 19.3 Å². The van der Waals surface area contributed by atoms with Crippen LogP contribution >= 0.6 is 0 Å². The molecular formula is C14H28O2Si. The predicted octanol–water partition coefficient (Wildman–Crippen LogP) is 3.72. The molecule has 1 aliphatic carbocycles. The number of allylic oxidation sites excluding steroid dienone is 1. The molecule has 0 saturated heterocycles. The van der Waals surface area contributed by atoms with Crippen LogP contribution in [0.2, 0.25) is 18.1 Å². The van der Waals surface area contributed by atoms with Crippen LogP contribution < -0.4 is 0 Å². The molecule has 0 radical (unpaired) electrons. The molecule has 0 spiro atoms. The first kappa shape index (κ1) is 14.9. The van der Waals surface area contributed by atoms with Gasteiger partial charge in [0.1, 0.15) is 0 Å². The molecule has 0 aromatic rings. The monoisotopic (exact) mass is 256 g/mol. The maximum absolute atomic E-state index is 9.98. The molecular weight excluding hydrogens is 228 g/mol. The minimum absolute atomic E-state index is 0.206. The average Bonchev–Trinajstić information content (AvgIpc) is 2.44. The molecule has 3 unspecified atom stereocenters. The summed E-state index contributed by atoms with van der Waals surface area (Å²) in [4.78, 5) is 0. The van der Waals surface area contributed by atoms with Crippen molar-refractivity contribution in [1.29, 1.82) is 0 Å². The standard InChI is InChI=1S/C14H28O2Si/c1-7-8-11-9-12(10-13(11)15)16-17(5,6)14(2,3)4/h7,11-13,15H,1,8-10H2,2-6H3. The highest BCUT2D eigenvalue weighted by Crippen LogP contribution is 2.40. The van der Waals surface area contributed by atoms with Gasteiger partial charge in [-0.25, -0.2) is 0 Å². The van der Waals surface area contributed by atoms with Gasteiger partial charge in [0, 0.05) is 6.10 Å². The van der Waals surface area contributed by atoms with Gasteiger partial charge < -0.3 is 9.53 Å². The molecule has 1 N–H and O–H groups in total. The number of hydrogen-bond donors (Lipinski definition) is 1. The molecule has 0 heterocycles. The Labute approximate surface area is 107 Å². The highest BCUT2D eigenvalue weighted by Gasteiger charge is 2.42. The summed E-state index contributed by atoms with van der Waals surface area (Å²) in [6.45, 7) is 15.1. The zero-order chi connectivity index (χ0) is 13.3. The maximum Gasteiger partial charge on any atom is 0.192 e. The van der Waals surface area contributed by atoms with Crippen molar-refractivity contribution in [2.75, 3.05) is 0 Å². The van der Waals surface area contributed by atoms with Gasteiger partial charge >= 0.3 is 0 Å². The van der Waals surface area contributed by atoms with Crippen LogP contribution in [-0.4, -0.2) is 25.6 Å². The third kappa shape index (κ3) is 3.67. The summed E-state index contributed by atoms with van der Waals surface area (Å²) in [7, 11) is -1.69. The lowest BCUT2D eigenvalue weighted by Crippen LogP contribution is -2.43. The lowest BCUT2D eigenvalue weighted by atomic mass is 10.0. The summed E-state index contributed by atoms with van der Waals surface area (Å²) in [6, 6.07) is 0. The average molecular weight is 256 g/mol. The van der Waals surface area contributed by atoms with Gasteiger partial charge in [0.25, 0.3) is 0 Å². The van der Waals surface area contributed by atoms with Crippen LogP contribution in [0, 0.1) is 5.92 Å². The van der Waals surface area contributed by atoms with Crippen molar-refractivity contribution in [3.8, 4) is 0 Å². The largest absolute Gasteiger partial charge is 0.414 e. The summed E-state index contributed by atoms with van der Waals surface area (Å²) in [5.74, 6) is 0.349. The number of hydrogen-bond acceptors (Lipinski definition) is 2. The first-order valence-electron chi connectivity index (χ1n) is 6.64. The van der Waals surface area contributed by atoms with E-state index in [2.05, 4.69) is 40.4 Å². The fraction of sp³-hybridized carbons (Fsp3) is 0.857. The van der Waals surface area contributed by atoms with Crippen LogP contribution in [0.5, 0.6) is 0 Å². The Kier molecular flexibility index (Phi) is 4.61. The summed E-state index contributed by atoms with van der Waals surface area (Å²) in [5.41, 5.74) is 0. The third-order valence-corrected chi connectivity index (χ3v) is 8.89. The van der Waals surface area contributed by atoms with Crippen LogP contribution in [0.3, 0.4) is 0 Å². The second-order valence-corrected chi connectivity index (χ2v) is 11.6. The van der Waals surface area contributed by atoms with Gasteiger partial charge in [0.2, 0.25) is 0 Å². The fourth-order valence-electron chi connectivity index (χ4n) is 2.21. The number of aliphatic hydroxyl groups excluding tert-OH is 1. The summed E-state index contributed by atoms with van der Waals surface area (Å²) >= 11 is 0. The molecule has 3 atom stereocenters. The van der Waals surface area contributed by atoms with Crippen molar-refractivity contribution >= 4 is 8.32 Å². The first-order valence-corrected chi connectivity index (χ1v) is 9.55. The van der Waals surface area contributed by atoms with Crippen molar-refractivity contribution in [2.24, 2.45) is 5.92 Å². The fourth-order valence-corrected chi connectivity index (χ4v) is 3.59. The Morgan fingerprint density at radius 1 is 1.35 bits per heavy atom. The minimum Gasteiger partial charge on any atom is -0.414 e. The smallest absolute Gasteiger partial charge is 0.192 e. The van der Waals surface area contributed by atoms with Gasteiger partial charge in [-0.2, -0.15) is 0 Å². The lowest BCUT2D eigenvalue weighted by Gasteiger charge is -2.38. The topological polar surface area (TPSA) is 29.5 Å². The molecule has 0 aromatic carbocycles. The molecule has 1 saturated carbocycles. The zero-order valence-electron chi connectivity index (χ0n) is 12.0. The molecule has 1 rings (SSSR count). The SMILES string of the molecule is C=CCC1CC(O[Si](C)(C)C(C)(C)C)CC1O.